The largest absolute Gasteiger partial charge is 0.497 e. The standard InChI is InChI=1S/C12H13NO4/c1-16-10-4-2-8(3-5-10)6-9-7-17-11(13-9)12(14)15/h2-5,9H,6-7H2,1H3,(H,14,15). The molecule has 1 aliphatic rings. The van der Waals surface area contributed by atoms with Crippen LogP contribution in [0.2, 0.25) is 0 Å². The number of carboxylic acids is 1. The molecule has 90 valence electrons. The summed E-state index contributed by atoms with van der Waals surface area (Å²) in [6.45, 7) is 0.327. The number of hydrogen-bond acceptors (Lipinski definition) is 4. The van der Waals surface area contributed by atoms with Gasteiger partial charge in [-0.15, -0.1) is 0 Å². The van der Waals surface area contributed by atoms with Gasteiger partial charge in [0.05, 0.1) is 13.2 Å². The molecule has 1 heterocycles. The van der Waals surface area contributed by atoms with E-state index in [1.165, 1.54) is 0 Å². The number of carbonyl (C=O) groups is 1. The van der Waals surface area contributed by atoms with E-state index in [9.17, 15) is 4.79 Å². The molecule has 17 heavy (non-hydrogen) atoms. The smallest absolute Gasteiger partial charge is 0.391 e. The Hall–Kier alpha value is -2.04. The van der Waals surface area contributed by atoms with Crippen LogP contribution in [0.3, 0.4) is 0 Å². The third-order valence-electron chi connectivity index (χ3n) is 2.53. The monoisotopic (exact) mass is 235 g/mol. The fourth-order valence-corrected chi connectivity index (χ4v) is 1.67. The first-order valence-corrected chi connectivity index (χ1v) is 5.26. The number of rotatable bonds is 4. The lowest BCUT2D eigenvalue weighted by atomic mass is 10.1. The van der Waals surface area contributed by atoms with E-state index in [0.717, 1.165) is 11.3 Å². The second-order valence-electron chi connectivity index (χ2n) is 3.76. The van der Waals surface area contributed by atoms with Crippen molar-refractivity contribution in [1.29, 1.82) is 0 Å². The molecule has 1 N–H and O–H groups in total. The Morgan fingerprint density at radius 3 is 2.76 bits per heavy atom. The summed E-state index contributed by atoms with van der Waals surface area (Å²) < 4.78 is 10.0. The van der Waals surface area contributed by atoms with Crippen molar-refractivity contribution in [2.24, 2.45) is 4.99 Å². The average molecular weight is 235 g/mol. The third kappa shape index (κ3) is 2.75. The van der Waals surface area contributed by atoms with Gasteiger partial charge in [-0.2, -0.15) is 0 Å². The maximum Gasteiger partial charge on any atom is 0.391 e. The van der Waals surface area contributed by atoms with Gasteiger partial charge in [-0.1, -0.05) is 12.1 Å². The normalized spacial score (nSPS) is 18.4. The van der Waals surface area contributed by atoms with Crippen LogP contribution in [0.1, 0.15) is 5.56 Å². The topological polar surface area (TPSA) is 68.1 Å². The zero-order valence-corrected chi connectivity index (χ0v) is 9.42. The third-order valence-corrected chi connectivity index (χ3v) is 2.53. The van der Waals surface area contributed by atoms with Crippen molar-refractivity contribution >= 4 is 11.9 Å². The minimum Gasteiger partial charge on any atom is -0.497 e. The van der Waals surface area contributed by atoms with E-state index < -0.39 is 5.97 Å². The van der Waals surface area contributed by atoms with E-state index in [0.29, 0.717) is 13.0 Å². The van der Waals surface area contributed by atoms with Crippen molar-refractivity contribution in [3.63, 3.8) is 0 Å². The maximum atomic E-state index is 10.6. The Morgan fingerprint density at radius 2 is 2.24 bits per heavy atom. The van der Waals surface area contributed by atoms with E-state index in [2.05, 4.69) is 4.99 Å². The van der Waals surface area contributed by atoms with E-state index in [1.807, 2.05) is 24.3 Å². The number of methoxy groups -OCH3 is 1. The molecule has 0 bridgehead atoms. The van der Waals surface area contributed by atoms with Gasteiger partial charge in [0.1, 0.15) is 12.4 Å². The molecule has 1 aliphatic heterocycles. The minimum atomic E-state index is -1.11. The van der Waals surface area contributed by atoms with Crippen molar-refractivity contribution in [1.82, 2.24) is 0 Å². The van der Waals surface area contributed by atoms with Crippen LogP contribution >= 0.6 is 0 Å². The number of aliphatic imine (C=N–C) groups is 1. The Bertz CT molecular complexity index is 438. The molecular weight excluding hydrogens is 222 g/mol. The quantitative estimate of drug-likeness (QED) is 0.849. The van der Waals surface area contributed by atoms with Gasteiger partial charge in [0.2, 0.25) is 0 Å². The van der Waals surface area contributed by atoms with Gasteiger partial charge < -0.3 is 14.6 Å². The van der Waals surface area contributed by atoms with E-state index in [-0.39, 0.29) is 11.9 Å². The van der Waals surface area contributed by atoms with Crippen LogP contribution in [0.5, 0.6) is 5.75 Å². The van der Waals surface area contributed by atoms with Crippen LogP contribution in [0.25, 0.3) is 0 Å². The first-order valence-electron chi connectivity index (χ1n) is 5.26. The highest BCUT2D eigenvalue weighted by Crippen LogP contribution is 2.15. The van der Waals surface area contributed by atoms with Gasteiger partial charge in [0.25, 0.3) is 5.90 Å². The van der Waals surface area contributed by atoms with Crippen molar-refractivity contribution in [2.45, 2.75) is 12.5 Å². The highest BCUT2D eigenvalue weighted by Gasteiger charge is 2.23. The molecule has 1 unspecified atom stereocenters. The predicted molar refractivity (Wildman–Crippen MR) is 61.5 cm³/mol. The number of nitrogens with zero attached hydrogens (tertiary/aromatic N) is 1. The molecule has 0 aliphatic carbocycles. The Morgan fingerprint density at radius 1 is 1.53 bits per heavy atom. The Balaban J connectivity index is 1.99. The molecule has 2 rings (SSSR count). The first-order chi connectivity index (χ1) is 8.19. The fraction of sp³-hybridized carbons (Fsp3) is 0.333. The first kappa shape index (κ1) is 11.4. The lowest BCUT2D eigenvalue weighted by molar-refractivity contribution is -0.130. The average Bonchev–Trinajstić information content (AvgIpc) is 2.79. The summed E-state index contributed by atoms with van der Waals surface area (Å²) >= 11 is 0. The fourth-order valence-electron chi connectivity index (χ4n) is 1.67. The number of aliphatic carboxylic acids is 1. The maximum absolute atomic E-state index is 10.6. The van der Waals surface area contributed by atoms with Crippen molar-refractivity contribution in [3.8, 4) is 5.75 Å². The molecule has 1 atom stereocenters. The van der Waals surface area contributed by atoms with Crippen LogP contribution in [0, 0.1) is 0 Å². The summed E-state index contributed by atoms with van der Waals surface area (Å²) in [6.07, 6.45) is 0.667. The molecule has 0 amide bonds. The van der Waals surface area contributed by atoms with Crippen molar-refractivity contribution in [3.05, 3.63) is 29.8 Å². The second kappa shape index (κ2) is 4.86. The summed E-state index contributed by atoms with van der Waals surface area (Å²) in [5.74, 6) is -0.503. The lowest BCUT2D eigenvalue weighted by Gasteiger charge is -2.06. The van der Waals surface area contributed by atoms with Gasteiger partial charge in [0.15, 0.2) is 0 Å². The summed E-state index contributed by atoms with van der Waals surface area (Å²) in [5, 5.41) is 8.69. The molecule has 0 fully saturated rings. The SMILES string of the molecule is COc1ccc(CC2COC(C(=O)O)=N2)cc1. The van der Waals surface area contributed by atoms with Gasteiger partial charge in [-0.3, -0.25) is 0 Å². The second-order valence-corrected chi connectivity index (χ2v) is 3.76. The zero-order chi connectivity index (χ0) is 12.3. The molecule has 0 saturated heterocycles. The van der Waals surface area contributed by atoms with E-state index >= 15 is 0 Å². The number of carboxylic acid groups (broad SMARTS) is 1. The summed E-state index contributed by atoms with van der Waals surface area (Å²) in [6, 6.07) is 7.50. The molecule has 0 aromatic heterocycles. The molecule has 0 saturated carbocycles. The zero-order valence-electron chi connectivity index (χ0n) is 9.42. The van der Waals surface area contributed by atoms with Crippen LogP contribution < -0.4 is 4.74 Å². The Labute approximate surface area is 98.7 Å². The van der Waals surface area contributed by atoms with E-state index in [1.54, 1.807) is 7.11 Å². The molecule has 1 aromatic rings. The van der Waals surface area contributed by atoms with Crippen LogP contribution in [0.4, 0.5) is 0 Å². The number of ether oxygens (including phenoxy) is 2. The molecule has 0 radical (unpaired) electrons. The highest BCUT2D eigenvalue weighted by molar-refractivity contribution is 6.32. The number of benzene rings is 1. The highest BCUT2D eigenvalue weighted by atomic mass is 16.5. The lowest BCUT2D eigenvalue weighted by Crippen LogP contribution is -2.12. The van der Waals surface area contributed by atoms with Gasteiger partial charge >= 0.3 is 5.97 Å². The molecule has 1 aromatic carbocycles. The molecule has 5 nitrogen and oxygen atoms in total. The van der Waals surface area contributed by atoms with Gasteiger partial charge in [0, 0.05) is 0 Å². The molecular formula is C12H13NO4. The van der Waals surface area contributed by atoms with E-state index in [4.69, 9.17) is 14.6 Å². The van der Waals surface area contributed by atoms with Gasteiger partial charge in [-0.25, -0.2) is 9.79 Å². The van der Waals surface area contributed by atoms with Crippen LogP contribution in [-0.4, -0.2) is 36.7 Å². The van der Waals surface area contributed by atoms with Crippen LogP contribution in [0.15, 0.2) is 29.3 Å². The summed E-state index contributed by atoms with van der Waals surface area (Å²) in [4.78, 5) is 14.6. The van der Waals surface area contributed by atoms with Gasteiger partial charge in [-0.05, 0) is 24.1 Å². The van der Waals surface area contributed by atoms with Crippen molar-refractivity contribution in [2.75, 3.05) is 13.7 Å². The summed E-state index contributed by atoms with van der Waals surface area (Å²) in [5.41, 5.74) is 1.08. The molecule has 5 heteroatoms. The Kier molecular flexibility index (Phi) is 3.27. The molecule has 0 spiro atoms. The van der Waals surface area contributed by atoms with Crippen molar-refractivity contribution < 1.29 is 19.4 Å². The minimum absolute atomic E-state index is 0.116. The predicted octanol–water partition coefficient (Wildman–Crippen LogP) is 1.12. The summed E-state index contributed by atoms with van der Waals surface area (Å²) in [7, 11) is 1.61. The van der Waals surface area contributed by atoms with Crippen LogP contribution in [-0.2, 0) is 16.0 Å². The number of hydrogen-bond donors (Lipinski definition) is 1.